The smallest absolute Gasteiger partial charge is 0.325 e. The number of hydrogen-bond acceptors (Lipinski definition) is 4. The topological polar surface area (TPSA) is 66.8 Å². The van der Waals surface area contributed by atoms with Crippen LogP contribution in [0.25, 0.3) is 0 Å². The minimum Gasteiger partial charge on any atom is -0.507 e. The number of carbonyl (C=O) groups excluding carboxylic acids is 2. The van der Waals surface area contributed by atoms with Crippen LogP contribution >= 0.6 is 11.6 Å². The van der Waals surface area contributed by atoms with Crippen molar-refractivity contribution in [2.45, 2.75) is 20.3 Å². The summed E-state index contributed by atoms with van der Waals surface area (Å²) >= 11 is 5.82. The first-order chi connectivity index (χ1) is 9.49. The number of ether oxygens (including phenoxy) is 1. The van der Waals surface area contributed by atoms with E-state index in [0.29, 0.717) is 18.0 Å². The van der Waals surface area contributed by atoms with Crippen LogP contribution in [0.2, 0.25) is 5.02 Å². The molecule has 1 aromatic rings. The van der Waals surface area contributed by atoms with E-state index in [9.17, 15) is 14.7 Å². The average molecular weight is 300 g/mol. The zero-order valence-corrected chi connectivity index (χ0v) is 12.3. The Labute approximate surface area is 123 Å². The summed E-state index contributed by atoms with van der Waals surface area (Å²) < 4.78 is 4.84. The Hall–Kier alpha value is -1.75. The lowest BCUT2D eigenvalue weighted by Crippen LogP contribution is -2.37. The monoisotopic (exact) mass is 299 g/mol. The number of amides is 1. The molecular formula is C14H18ClNO4. The van der Waals surface area contributed by atoms with E-state index in [4.69, 9.17) is 16.3 Å². The third kappa shape index (κ3) is 4.42. The number of benzene rings is 1. The van der Waals surface area contributed by atoms with E-state index >= 15 is 0 Å². The molecule has 110 valence electrons. The fourth-order valence-electron chi connectivity index (χ4n) is 1.73. The van der Waals surface area contributed by atoms with Crippen molar-refractivity contribution in [2.75, 3.05) is 19.7 Å². The predicted molar refractivity (Wildman–Crippen MR) is 75.9 cm³/mol. The highest BCUT2D eigenvalue weighted by molar-refractivity contribution is 6.31. The van der Waals surface area contributed by atoms with Crippen LogP contribution in [0.15, 0.2) is 18.2 Å². The van der Waals surface area contributed by atoms with Crippen LogP contribution < -0.4 is 0 Å². The molecule has 20 heavy (non-hydrogen) atoms. The summed E-state index contributed by atoms with van der Waals surface area (Å²) in [6, 6.07) is 4.22. The second kappa shape index (κ2) is 7.75. The van der Waals surface area contributed by atoms with Crippen LogP contribution in [0.3, 0.4) is 0 Å². The van der Waals surface area contributed by atoms with Gasteiger partial charge in [-0.15, -0.1) is 0 Å². The van der Waals surface area contributed by atoms with E-state index in [0.717, 1.165) is 0 Å². The van der Waals surface area contributed by atoms with Gasteiger partial charge in [-0.3, -0.25) is 9.59 Å². The molecule has 0 atom stereocenters. The number of carbonyl (C=O) groups is 2. The Balaban J connectivity index is 2.93. The van der Waals surface area contributed by atoms with Gasteiger partial charge in [0.2, 0.25) is 0 Å². The van der Waals surface area contributed by atoms with Gasteiger partial charge in [-0.1, -0.05) is 18.5 Å². The summed E-state index contributed by atoms with van der Waals surface area (Å²) in [6.07, 6.45) is 0.687. The molecule has 0 radical (unpaired) electrons. The summed E-state index contributed by atoms with van der Waals surface area (Å²) in [5.41, 5.74) is 0.0789. The second-order valence-electron chi connectivity index (χ2n) is 4.19. The minimum absolute atomic E-state index is 0.0789. The van der Waals surface area contributed by atoms with Gasteiger partial charge >= 0.3 is 5.97 Å². The van der Waals surface area contributed by atoms with Crippen LogP contribution in [0.5, 0.6) is 5.75 Å². The molecule has 0 saturated carbocycles. The first-order valence-corrected chi connectivity index (χ1v) is 6.80. The zero-order chi connectivity index (χ0) is 15.1. The molecule has 0 spiro atoms. The lowest BCUT2D eigenvalue weighted by Gasteiger charge is -2.21. The molecule has 0 aliphatic heterocycles. The Morgan fingerprint density at radius 2 is 2.05 bits per heavy atom. The molecule has 1 rings (SSSR count). The first kappa shape index (κ1) is 16.3. The van der Waals surface area contributed by atoms with Crippen LogP contribution in [-0.2, 0) is 9.53 Å². The highest BCUT2D eigenvalue weighted by Crippen LogP contribution is 2.23. The highest BCUT2D eigenvalue weighted by Gasteiger charge is 2.21. The molecule has 1 amide bonds. The Morgan fingerprint density at radius 1 is 1.35 bits per heavy atom. The van der Waals surface area contributed by atoms with Gasteiger partial charge in [0.05, 0.1) is 12.2 Å². The molecule has 1 aromatic carbocycles. The number of nitrogens with zero attached hydrogens (tertiary/aromatic N) is 1. The number of esters is 1. The molecular weight excluding hydrogens is 282 g/mol. The van der Waals surface area contributed by atoms with Crippen molar-refractivity contribution >= 4 is 23.5 Å². The van der Waals surface area contributed by atoms with E-state index in [1.54, 1.807) is 6.92 Å². The van der Waals surface area contributed by atoms with Crippen molar-refractivity contribution < 1.29 is 19.4 Å². The van der Waals surface area contributed by atoms with Crippen LogP contribution in [0.1, 0.15) is 30.6 Å². The maximum atomic E-state index is 12.3. The summed E-state index contributed by atoms with van der Waals surface area (Å²) in [5, 5.41) is 10.1. The summed E-state index contributed by atoms with van der Waals surface area (Å²) in [4.78, 5) is 25.2. The number of phenols is 1. The number of halogens is 1. The van der Waals surface area contributed by atoms with Gasteiger partial charge < -0.3 is 14.7 Å². The quantitative estimate of drug-likeness (QED) is 0.819. The Morgan fingerprint density at radius 3 is 2.65 bits per heavy atom. The highest BCUT2D eigenvalue weighted by atomic mass is 35.5. The van der Waals surface area contributed by atoms with Gasteiger partial charge in [0, 0.05) is 11.6 Å². The minimum atomic E-state index is -0.476. The van der Waals surface area contributed by atoms with Crippen molar-refractivity contribution in [3.8, 4) is 5.75 Å². The SMILES string of the molecule is CCCN(CC(=O)OCC)C(=O)c1cc(Cl)ccc1O. The van der Waals surface area contributed by atoms with Crippen LogP contribution in [0.4, 0.5) is 0 Å². The average Bonchev–Trinajstić information content (AvgIpc) is 2.40. The molecule has 0 unspecified atom stereocenters. The Bertz CT molecular complexity index is 490. The van der Waals surface area contributed by atoms with E-state index in [1.807, 2.05) is 6.92 Å². The van der Waals surface area contributed by atoms with Crippen molar-refractivity contribution in [3.05, 3.63) is 28.8 Å². The van der Waals surface area contributed by atoms with Gasteiger partial charge in [-0.05, 0) is 31.5 Å². The molecule has 5 nitrogen and oxygen atoms in total. The van der Waals surface area contributed by atoms with Gasteiger partial charge in [-0.25, -0.2) is 0 Å². The first-order valence-electron chi connectivity index (χ1n) is 6.43. The zero-order valence-electron chi connectivity index (χ0n) is 11.6. The van der Waals surface area contributed by atoms with Gasteiger partial charge in [0.1, 0.15) is 12.3 Å². The molecule has 1 N–H and O–H groups in total. The normalized spacial score (nSPS) is 10.2. The third-order valence-corrected chi connectivity index (χ3v) is 2.83. The molecule has 0 aliphatic rings. The third-order valence-electron chi connectivity index (χ3n) is 2.60. The fraction of sp³-hybridized carbons (Fsp3) is 0.429. The van der Waals surface area contributed by atoms with Crippen molar-refractivity contribution in [1.82, 2.24) is 4.90 Å². The van der Waals surface area contributed by atoms with E-state index < -0.39 is 11.9 Å². The molecule has 0 saturated heterocycles. The summed E-state index contributed by atoms with van der Waals surface area (Å²) in [6.45, 7) is 4.10. The van der Waals surface area contributed by atoms with E-state index in [1.165, 1.54) is 23.1 Å². The van der Waals surface area contributed by atoms with Gasteiger partial charge in [0.15, 0.2) is 0 Å². The Kier molecular flexibility index (Phi) is 6.31. The summed E-state index contributed by atoms with van der Waals surface area (Å²) in [7, 11) is 0. The lowest BCUT2D eigenvalue weighted by atomic mass is 10.1. The molecule has 0 bridgehead atoms. The van der Waals surface area contributed by atoms with Crippen molar-refractivity contribution in [1.29, 1.82) is 0 Å². The molecule has 0 heterocycles. The number of hydrogen-bond donors (Lipinski definition) is 1. The molecule has 6 heteroatoms. The van der Waals surface area contributed by atoms with Gasteiger partial charge in [-0.2, -0.15) is 0 Å². The second-order valence-corrected chi connectivity index (χ2v) is 4.63. The maximum Gasteiger partial charge on any atom is 0.325 e. The van der Waals surface area contributed by atoms with E-state index in [-0.39, 0.29) is 24.5 Å². The number of aromatic hydroxyl groups is 1. The van der Waals surface area contributed by atoms with Crippen LogP contribution in [-0.4, -0.2) is 41.6 Å². The number of rotatable bonds is 6. The van der Waals surface area contributed by atoms with Crippen molar-refractivity contribution in [3.63, 3.8) is 0 Å². The standard InChI is InChI=1S/C14H18ClNO4/c1-3-7-16(9-13(18)20-4-2)14(19)11-8-10(15)5-6-12(11)17/h5-6,8,17H,3-4,7,9H2,1-2H3. The number of phenolic OH excluding ortho intramolecular Hbond substituents is 1. The predicted octanol–water partition coefficient (Wildman–Crippen LogP) is 2.46. The maximum absolute atomic E-state index is 12.3. The molecule has 0 aromatic heterocycles. The van der Waals surface area contributed by atoms with Crippen molar-refractivity contribution in [2.24, 2.45) is 0 Å². The molecule has 0 fully saturated rings. The lowest BCUT2D eigenvalue weighted by molar-refractivity contribution is -0.143. The largest absolute Gasteiger partial charge is 0.507 e. The summed E-state index contributed by atoms with van der Waals surface area (Å²) in [5.74, 6) is -1.08. The van der Waals surface area contributed by atoms with Gasteiger partial charge in [0.25, 0.3) is 5.91 Å². The van der Waals surface area contributed by atoms with E-state index in [2.05, 4.69) is 0 Å². The fourth-order valence-corrected chi connectivity index (χ4v) is 1.91. The molecule has 0 aliphatic carbocycles. The van der Waals surface area contributed by atoms with Crippen LogP contribution in [0, 0.1) is 0 Å².